The average Bonchev–Trinajstić information content (AvgIpc) is 2.85. The van der Waals surface area contributed by atoms with E-state index >= 15 is 0 Å². The van der Waals surface area contributed by atoms with E-state index in [-0.39, 0.29) is 5.92 Å². The first kappa shape index (κ1) is 35.1. The number of esters is 2. The summed E-state index contributed by atoms with van der Waals surface area (Å²) in [7, 11) is 0. The third-order valence-corrected chi connectivity index (χ3v) is 6.44. The fourth-order valence-corrected chi connectivity index (χ4v) is 3.75. The topological polar surface area (TPSA) is 250 Å². The van der Waals surface area contributed by atoms with Gasteiger partial charge in [0.05, 0.1) is 31.2 Å². The number of hydrogen-bond acceptors (Lipinski definition) is 14. The molecule has 0 radical (unpaired) electrons. The molecule has 1 saturated heterocycles. The summed E-state index contributed by atoms with van der Waals surface area (Å²) in [5.41, 5.74) is -4.28. The number of carbonyl (C=O) groups is 3. The van der Waals surface area contributed by atoms with Crippen LogP contribution in [0.4, 0.5) is 0 Å². The van der Waals surface area contributed by atoms with Crippen LogP contribution < -0.4 is 0 Å². The first-order chi connectivity index (χ1) is 17.9. The molecule has 0 bridgehead atoms. The molecule has 1 aliphatic heterocycles. The molecule has 15 heteroatoms. The number of ether oxygens (including phenoxy) is 4. The molecule has 0 amide bonds. The average molecular weight is 571 g/mol. The third kappa shape index (κ3) is 10.9. The summed E-state index contributed by atoms with van der Waals surface area (Å²) in [5.74, 6) is -4.13. The Morgan fingerprint density at radius 2 is 1.38 bits per heavy atom. The Bertz CT molecular complexity index is 804. The Kier molecular flexibility index (Phi) is 13.6. The highest BCUT2D eigenvalue weighted by Gasteiger charge is 2.50. The molecule has 0 aromatic rings. The Hall–Kier alpha value is -1.95. The van der Waals surface area contributed by atoms with Gasteiger partial charge in [-0.15, -0.1) is 0 Å². The lowest BCUT2D eigenvalue weighted by Crippen LogP contribution is -2.63. The molecule has 0 saturated carbocycles. The van der Waals surface area contributed by atoms with E-state index < -0.39 is 105 Å². The zero-order valence-corrected chi connectivity index (χ0v) is 22.5. The molecule has 1 rings (SSSR count). The molecule has 39 heavy (non-hydrogen) atoms. The molecule has 1 fully saturated rings. The summed E-state index contributed by atoms with van der Waals surface area (Å²) in [6, 6.07) is 0. The molecule has 1 aliphatic rings. The smallest absolute Gasteiger partial charge is 0.336 e. The van der Waals surface area contributed by atoms with E-state index in [1.54, 1.807) is 0 Å². The van der Waals surface area contributed by atoms with Gasteiger partial charge in [0.25, 0.3) is 0 Å². The van der Waals surface area contributed by atoms with Gasteiger partial charge in [-0.05, 0) is 26.2 Å². The van der Waals surface area contributed by atoms with Gasteiger partial charge in [-0.1, -0.05) is 20.3 Å². The number of carbonyl (C=O) groups excluding carboxylic acids is 2. The highest BCUT2D eigenvalue weighted by Crippen LogP contribution is 2.30. The van der Waals surface area contributed by atoms with E-state index in [1.165, 1.54) is 13.8 Å². The van der Waals surface area contributed by atoms with Gasteiger partial charge >= 0.3 is 17.9 Å². The molecule has 228 valence electrons. The van der Waals surface area contributed by atoms with Gasteiger partial charge in [-0.25, -0.2) is 4.79 Å². The van der Waals surface area contributed by atoms with E-state index in [4.69, 9.17) is 18.9 Å². The zero-order valence-electron chi connectivity index (χ0n) is 22.5. The molecular formula is C24H42O15. The van der Waals surface area contributed by atoms with Crippen molar-refractivity contribution in [3.63, 3.8) is 0 Å². The summed E-state index contributed by atoms with van der Waals surface area (Å²) in [6.45, 7) is 5.02. The van der Waals surface area contributed by atoms with Gasteiger partial charge in [-0.3, -0.25) is 9.59 Å². The van der Waals surface area contributed by atoms with E-state index in [2.05, 4.69) is 0 Å². The van der Waals surface area contributed by atoms with Gasteiger partial charge in [0.2, 0.25) is 0 Å². The van der Waals surface area contributed by atoms with Crippen molar-refractivity contribution >= 4 is 17.9 Å². The van der Waals surface area contributed by atoms with Crippen LogP contribution in [0, 0.1) is 5.92 Å². The zero-order chi connectivity index (χ0) is 30.1. The SMILES string of the molecule is CCC(C)CC(O)COC(=O)CC(O)(CC(=O)OCC(O)COC(C)(C)C1OC(O)C(O)C(O)C1O)C(=O)O. The standard InChI is InChI=1S/C24H42O15/c1-5-12(2)6-13(25)9-36-15(27)7-24(35,22(33)34)8-16(28)37-10-14(26)11-38-23(3,4)20-18(30)17(29)19(31)21(32)39-20/h12-14,17-21,25-26,29-32,35H,5-11H2,1-4H3,(H,33,34). The Labute approximate surface area is 225 Å². The summed E-state index contributed by atoms with van der Waals surface area (Å²) >= 11 is 0. The molecular weight excluding hydrogens is 528 g/mol. The van der Waals surface area contributed by atoms with Crippen molar-refractivity contribution in [2.75, 3.05) is 19.8 Å². The number of aliphatic hydroxyl groups excluding tert-OH is 6. The van der Waals surface area contributed by atoms with Crippen LogP contribution in [0.3, 0.4) is 0 Å². The van der Waals surface area contributed by atoms with Crippen molar-refractivity contribution < 1.29 is 74.2 Å². The number of aliphatic hydroxyl groups is 7. The molecule has 0 aliphatic carbocycles. The molecule has 0 aromatic carbocycles. The van der Waals surface area contributed by atoms with Crippen LogP contribution in [-0.2, 0) is 33.3 Å². The largest absolute Gasteiger partial charge is 0.479 e. The van der Waals surface area contributed by atoms with Gasteiger partial charge in [0.15, 0.2) is 11.9 Å². The quantitative estimate of drug-likeness (QED) is 0.0887. The van der Waals surface area contributed by atoms with E-state index in [9.17, 15) is 55.2 Å². The Balaban J connectivity index is 2.56. The minimum absolute atomic E-state index is 0.165. The lowest BCUT2D eigenvalue weighted by Gasteiger charge is -2.45. The van der Waals surface area contributed by atoms with Crippen LogP contribution in [0.5, 0.6) is 0 Å². The Morgan fingerprint density at radius 3 is 1.87 bits per heavy atom. The lowest BCUT2D eigenvalue weighted by molar-refractivity contribution is -0.314. The predicted octanol–water partition coefficient (Wildman–Crippen LogP) is -2.58. The number of carboxylic acid groups (broad SMARTS) is 1. The second-order valence-corrected chi connectivity index (χ2v) is 10.4. The normalized spacial score (nSPS) is 27.6. The molecule has 8 N–H and O–H groups in total. The van der Waals surface area contributed by atoms with Crippen LogP contribution in [0.25, 0.3) is 0 Å². The van der Waals surface area contributed by atoms with E-state index in [0.717, 1.165) is 6.42 Å². The minimum Gasteiger partial charge on any atom is -0.479 e. The highest BCUT2D eigenvalue weighted by atomic mass is 16.7. The predicted molar refractivity (Wildman–Crippen MR) is 129 cm³/mol. The first-order valence-electron chi connectivity index (χ1n) is 12.6. The van der Waals surface area contributed by atoms with Crippen LogP contribution in [0.1, 0.15) is 53.4 Å². The monoisotopic (exact) mass is 570 g/mol. The fourth-order valence-electron chi connectivity index (χ4n) is 3.75. The van der Waals surface area contributed by atoms with Crippen LogP contribution in [-0.4, -0.2) is 133 Å². The summed E-state index contributed by atoms with van der Waals surface area (Å²) in [4.78, 5) is 35.7. The van der Waals surface area contributed by atoms with E-state index in [1.807, 2.05) is 13.8 Å². The maximum Gasteiger partial charge on any atom is 0.336 e. The van der Waals surface area contributed by atoms with Crippen molar-refractivity contribution in [2.24, 2.45) is 5.92 Å². The van der Waals surface area contributed by atoms with Crippen LogP contribution in [0.2, 0.25) is 0 Å². The third-order valence-electron chi connectivity index (χ3n) is 6.44. The maximum atomic E-state index is 12.1. The van der Waals surface area contributed by atoms with Crippen LogP contribution in [0.15, 0.2) is 0 Å². The second kappa shape index (κ2) is 15.2. The summed E-state index contributed by atoms with van der Waals surface area (Å²) in [5, 5.41) is 78.9. The van der Waals surface area contributed by atoms with Gasteiger partial charge < -0.3 is 59.8 Å². The number of hydrogen-bond donors (Lipinski definition) is 8. The van der Waals surface area contributed by atoms with Crippen LogP contribution >= 0.6 is 0 Å². The number of aliphatic carboxylic acids is 1. The molecule has 15 nitrogen and oxygen atoms in total. The summed E-state index contributed by atoms with van der Waals surface area (Å²) < 4.78 is 20.2. The molecule has 9 unspecified atom stereocenters. The molecule has 9 atom stereocenters. The van der Waals surface area contributed by atoms with Crippen molar-refractivity contribution in [3.8, 4) is 0 Å². The van der Waals surface area contributed by atoms with Crippen molar-refractivity contribution in [3.05, 3.63) is 0 Å². The molecule has 0 spiro atoms. The van der Waals surface area contributed by atoms with Gasteiger partial charge in [0, 0.05) is 0 Å². The first-order valence-corrected chi connectivity index (χ1v) is 12.6. The minimum atomic E-state index is -2.86. The van der Waals surface area contributed by atoms with Crippen molar-refractivity contribution in [2.45, 2.75) is 107 Å². The van der Waals surface area contributed by atoms with Crippen molar-refractivity contribution in [1.82, 2.24) is 0 Å². The highest BCUT2D eigenvalue weighted by molar-refractivity contribution is 5.89. The second-order valence-electron chi connectivity index (χ2n) is 10.4. The molecule has 0 aromatic heterocycles. The number of rotatable bonds is 16. The Morgan fingerprint density at radius 1 is 0.872 bits per heavy atom. The fraction of sp³-hybridized carbons (Fsp3) is 0.875. The van der Waals surface area contributed by atoms with Gasteiger partial charge in [0.1, 0.15) is 43.7 Å². The molecule has 1 heterocycles. The maximum absolute atomic E-state index is 12.1. The number of carboxylic acids is 1. The lowest BCUT2D eigenvalue weighted by atomic mass is 9.88. The summed E-state index contributed by atoms with van der Waals surface area (Å²) in [6.07, 6.45) is -11.8. The van der Waals surface area contributed by atoms with Gasteiger partial charge in [-0.2, -0.15) is 0 Å². The van der Waals surface area contributed by atoms with E-state index in [0.29, 0.717) is 6.42 Å². The van der Waals surface area contributed by atoms with Crippen molar-refractivity contribution in [1.29, 1.82) is 0 Å².